The van der Waals surface area contributed by atoms with Gasteiger partial charge in [-0.3, -0.25) is 14.9 Å². The molecular weight excluding hydrogens is 389 g/mol. The fourth-order valence-corrected chi connectivity index (χ4v) is 3.11. The summed E-state index contributed by atoms with van der Waals surface area (Å²) in [6.45, 7) is 1.58. The minimum Gasteiger partial charge on any atom is -0.376 e. The van der Waals surface area contributed by atoms with Gasteiger partial charge in [0.05, 0.1) is 17.0 Å². The van der Waals surface area contributed by atoms with E-state index >= 15 is 0 Å². The first-order valence-electron chi connectivity index (χ1n) is 8.92. The maximum atomic E-state index is 12.9. The first-order valence-corrected chi connectivity index (χ1v) is 8.92. The van der Waals surface area contributed by atoms with Gasteiger partial charge in [-0.25, -0.2) is 0 Å². The molecule has 1 amide bonds. The lowest BCUT2D eigenvalue weighted by Gasteiger charge is -2.36. The Labute approximate surface area is 164 Å². The second-order valence-corrected chi connectivity index (χ2v) is 6.58. The third kappa shape index (κ3) is 5.15. The van der Waals surface area contributed by atoms with E-state index < -0.39 is 16.7 Å². The van der Waals surface area contributed by atoms with Gasteiger partial charge in [-0.15, -0.1) is 0 Å². The fourth-order valence-electron chi connectivity index (χ4n) is 3.11. The van der Waals surface area contributed by atoms with Crippen LogP contribution in [0.5, 0.6) is 0 Å². The molecule has 0 bridgehead atoms. The van der Waals surface area contributed by atoms with Crippen molar-refractivity contribution in [2.75, 3.05) is 42.9 Å². The Hall–Kier alpha value is -3.30. The lowest BCUT2D eigenvalue weighted by molar-refractivity contribution is -0.384. The van der Waals surface area contributed by atoms with E-state index in [0.29, 0.717) is 37.6 Å². The number of halogens is 3. The number of piperazine rings is 1. The summed E-state index contributed by atoms with van der Waals surface area (Å²) < 4.78 is 38.6. The van der Waals surface area contributed by atoms with Crippen LogP contribution in [-0.4, -0.2) is 48.5 Å². The topological polar surface area (TPSA) is 78.7 Å². The number of hydrogen-bond donors (Lipinski definition) is 1. The van der Waals surface area contributed by atoms with Gasteiger partial charge in [0.15, 0.2) is 0 Å². The molecule has 0 saturated carbocycles. The van der Waals surface area contributed by atoms with Gasteiger partial charge in [0, 0.05) is 49.7 Å². The number of amides is 1. The SMILES string of the molecule is O=C(CNc1cccc([N+](=O)[O-])c1)N1CCN(c2cccc(C(F)(F)F)c2)CC1. The molecule has 1 fully saturated rings. The minimum atomic E-state index is -4.40. The average molecular weight is 408 g/mol. The molecule has 7 nitrogen and oxygen atoms in total. The van der Waals surface area contributed by atoms with Crippen molar-refractivity contribution < 1.29 is 22.9 Å². The number of alkyl halides is 3. The summed E-state index contributed by atoms with van der Waals surface area (Å²) in [6.07, 6.45) is -4.40. The fraction of sp³-hybridized carbons (Fsp3) is 0.316. The van der Waals surface area contributed by atoms with Gasteiger partial charge < -0.3 is 15.1 Å². The van der Waals surface area contributed by atoms with Crippen molar-refractivity contribution in [2.24, 2.45) is 0 Å². The van der Waals surface area contributed by atoms with Gasteiger partial charge in [-0.1, -0.05) is 12.1 Å². The Kier molecular flexibility index (Phi) is 5.90. The smallest absolute Gasteiger partial charge is 0.376 e. The number of carbonyl (C=O) groups is 1. The minimum absolute atomic E-state index is 0.0231. The van der Waals surface area contributed by atoms with Crippen LogP contribution in [-0.2, 0) is 11.0 Å². The molecule has 1 N–H and O–H groups in total. The molecule has 2 aromatic carbocycles. The maximum Gasteiger partial charge on any atom is 0.416 e. The molecule has 1 aliphatic heterocycles. The highest BCUT2D eigenvalue weighted by atomic mass is 19.4. The van der Waals surface area contributed by atoms with Crippen LogP contribution in [0.15, 0.2) is 48.5 Å². The van der Waals surface area contributed by atoms with E-state index in [4.69, 9.17) is 0 Å². The third-order valence-corrected chi connectivity index (χ3v) is 4.67. The van der Waals surface area contributed by atoms with E-state index in [1.165, 1.54) is 24.3 Å². The highest BCUT2D eigenvalue weighted by molar-refractivity contribution is 5.81. The summed E-state index contributed by atoms with van der Waals surface area (Å²) in [7, 11) is 0. The number of non-ortho nitro benzene ring substituents is 1. The van der Waals surface area contributed by atoms with Crippen LogP contribution in [0.25, 0.3) is 0 Å². The molecule has 1 heterocycles. The lowest BCUT2D eigenvalue weighted by atomic mass is 10.1. The number of nitrogens with one attached hydrogen (secondary N) is 1. The van der Waals surface area contributed by atoms with Crippen LogP contribution in [0, 0.1) is 10.1 Å². The molecule has 1 saturated heterocycles. The van der Waals surface area contributed by atoms with Crippen molar-refractivity contribution in [1.82, 2.24) is 4.90 Å². The van der Waals surface area contributed by atoms with Gasteiger partial charge in [-0.2, -0.15) is 13.2 Å². The van der Waals surface area contributed by atoms with Crippen molar-refractivity contribution in [1.29, 1.82) is 0 Å². The van der Waals surface area contributed by atoms with Gasteiger partial charge in [0.1, 0.15) is 0 Å². The summed E-state index contributed by atoms with van der Waals surface area (Å²) in [5.74, 6) is -0.180. The zero-order chi connectivity index (χ0) is 21.0. The summed E-state index contributed by atoms with van der Waals surface area (Å²) in [6, 6.07) is 11.0. The number of rotatable bonds is 5. The van der Waals surface area contributed by atoms with Crippen molar-refractivity contribution in [2.45, 2.75) is 6.18 Å². The van der Waals surface area contributed by atoms with Crippen LogP contribution in [0.3, 0.4) is 0 Å². The molecule has 1 aliphatic rings. The maximum absolute atomic E-state index is 12.9. The first kappa shape index (κ1) is 20.4. The summed E-state index contributed by atoms with van der Waals surface area (Å²) in [5.41, 5.74) is 0.170. The molecule has 154 valence electrons. The quantitative estimate of drug-likeness (QED) is 0.606. The predicted octanol–water partition coefficient (Wildman–Crippen LogP) is 3.37. The van der Waals surface area contributed by atoms with Gasteiger partial charge in [-0.05, 0) is 24.3 Å². The van der Waals surface area contributed by atoms with E-state index in [0.717, 1.165) is 12.1 Å². The van der Waals surface area contributed by atoms with Crippen molar-refractivity contribution >= 4 is 23.0 Å². The molecule has 0 aromatic heterocycles. The first-order chi connectivity index (χ1) is 13.7. The number of nitrogens with zero attached hydrogens (tertiary/aromatic N) is 3. The number of carbonyl (C=O) groups excluding carboxylic acids is 1. The number of nitro benzene ring substituents is 1. The van der Waals surface area contributed by atoms with Crippen molar-refractivity contribution in [3.63, 3.8) is 0 Å². The Morgan fingerprint density at radius 2 is 1.76 bits per heavy atom. The summed E-state index contributed by atoms with van der Waals surface area (Å²) >= 11 is 0. The number of benzene rings is 2. The highest BCUT2D eigenvalue weighted by Gasteiger charge is 2.31. The van der Waals surface area contributed by atoms with E-state index in [1.54, 1.807) is 17.0 Å². The Balaban J connectivity index is 1.53. The second kappa shape index (κ2) is 8.38. The van der Waals surface area contributed by atoms with Crippen LogP contribution >= 0.6 is 0 Å². The summed E-state index contributed by atoms with van der Waals surface area (Å²) in [4.78, 5) is 26.1. The van der Waals surface area contributed by atoms with Crippen LogP contribution in [0.4, 0.5) is 30.2 Å². The van der Waals surface area contributed by atoms with Crippen molar-refractivity contribution in [3.8, 4) is 0 Å². The monoisotopic (exact) mass is 408 g/mol. The normalized spacial score (nSPS) is 14.6. The largest absolute Gasteiger partial charge is 0.416 e. The molecule has 0 unspecified atom stereocenters. The molecule has 2 aromatic rings. The number of nitro groups is 1. The standard InChI is InChI=1S/C19H19F3N4O3/c20-19(21,22)14-3-1-5-16(11-14)24-7-9-25(10-8-24)18(27)13-23-15-4-2-6-17(12-15)26(28)29/h1-6,11-12,23H,7-10,13H2. The summed E-state index contributed by atoms with van der Waals surface area (Å²) in [5, 5.41) is 13.7. The molecule has 0 spiro atoms. The van der Waals surface area contributed by atoms with Gasteiger partial charge in [0.2, 0.25) is 5.91 Å². The van der Waals surface area contributed by atoms with Crippen LogP contribution < -0.4 is 10.2 Å². The Morgan fingerprint density at radius 1 is 1.07 bits per heavy atom. The zero-order valence-corrected chi connectivity index (χ0v) is 15.4. The molecule has 0 aliphatic carbocycles. The molecule has 10 heteroatoms. The van der Waals surface area contributed by atoms with Crippen molar-refractivity contribution in [3.05, 3.63) is 64.2 Å². The molecule has 3 rings (SSSR count). The number of hydrogen-bond acceptors (Lipinski definition) is 5. The van der Waals surface area contributed by atoms with E-state index in [1.807, 2.05) is 4.90 Å². The van der Waals surface area contributed by atoms with E-state index in [9.17, 15) is 28.1 Å². The van der Waals surface area contributed by atoms with Crippen LogP contribution in [0.2, 0.25) is 0 Å². The average Bonchev–Trinajstić information content (AvgIpc) is 2.72. The third-order valence-electron chi connectivity index (χ3n) is 4.67. The Morgan fingerprint density at radius 3 is 2.41 bits per heavy atom. The lowest BCUT2D eigenvalue weighted by Crippen LogP contribution is -2.50. The highest BCUT2D eigenvalue weighted by Crippen LogP contribution is 2.31. The molecular formula is C19H19F3N4O3. The van der Waals surface area contributed by atoms with Gasteiger partial charge in [0.25, 0.3) is 5.69 Å². The number of anilines is 2. The zero-order valence-electron chi connectivity index (χ0n) is 15.4. The molecule has 29 heavy (non-hydrogen) atoms. The van der Waals surface area contributed by atoms with E-state index in [2.05, 4.69) is 5.32 Å². The molecule has 0 radical (unpaired) electrons. The second-order valence-electron chi connectivity index (χ2n) is 6.58. The van der Waals surface area contributed by atoms with E-state index in [-0.39, 0.29) is 18.1 Å². The van der Waals surface area contributed by atoms with Gasteiger partial charge >= 0.3 is 6.18 Å². The van der Waals surface area contributed by atoms with Crippen LogP contribution in [0.1, 0.15) is 5.56 Å². The molecule has 0 atom stereocenters. The Bertz CT molecular complexity index is 896. The predicted molar refractivity (Wildman–Crippen MR) is 102 cm³/mol.